The quantitative estimate of drug-likeness (QED) is 0.810. The van der Waals surface area contributed by atoms with E-state index in [9.17, 15) is 13.2 Å². The van der Waals surface area contributed by atoms with Gasteiger partial charge in [-0.15, -0.1) is 11.3 Å². The SMILES string of the molecule is CS(=O)(=O)CCC(=O)NCCc1csc(-c2ccccc2Cl)n1. The molecule has 0 saturated heterocycles. The van der Waals surface area contributed by atoms with E-state index in [0.717, 1.165) is 22.5 Å². The molecule has 5 nitrogen and oxygen atoms in total. The monoisotopic (exact) mass is 372 g/mol. The van der Waals surface area contributed by atoms with Crippen LogP contribution in [0.2, 0.25) is 5.02 Å². The summed E-state index contributed by atoms with van der Waals surface area (Å²) in [6, 6.07) is 7.51. The second kappa shape index (κ2) is 7.90. The molecule has 0 aliphatic rings. The summed E-state index contributed by atoms with van der Waals surface area (Å²) in [6.45, 7) is 0.425. The van der Waals surface area contributed by atoms with Crippen molar-refractivity contribution in [2.75, 3.05) is 18.6 Å². The molecule has 0 radical (unpaired) electrons. The summed E-state index contributed by atoms with van der Waals surface area (Å²) in [4.78, 5) is 16.1. The van der Waals surface area contributed by atoms with Crippen molar-refractivity contribution in [3.05, 3.63) is 40.4 Å². The minimum atomic E-state index is -3.11. The van der Waals surface area contributed by atoms with E-state index >= 15 is 0 Å². The van der Waals surface area contributed by atoms with Crippen molar-refractivity contribution in [3.8, 4) is 10.6 Å². The van der Waals surface area contributed by atoms with Crippen LogP contribution < -0.4 is 5.32 Å². The van der Waals surface area contributed by atoms with Gasteiger partial charge < -0.3 is 5.32 Å². The van der Waals surface area contributed by atoms with Crippen LogP contribution in [0.3, 0.4) is 0 Å². The van der Waals surface area contributed by atoms with Gasteiger partial charge in [0.2, 0.25) is 5.91 Å². The smallest absolute Gasteiger partial charge is 0.221 e. The lowest BCUT2D eigenvalue weighted by molar-refractivity contribution is -0.120. The molecule has 8 heteroatoms. The van der Waals surface area contributed by atoms with Gasteiger partial charge in [0.1, 0.15) is 14.8 Å². The van der Waals surface area contributed by atoms with E-state index in [1.54, 1.807) is 0 Å². The van der Waals surface area contributed by atoms with Gasteiger partial charge in [-0.3, -0.25) is 4.79 Å². The third-order valence-corrected chi connectivity index (χ3v) is 5.26. The van der Waals surface area contributed by atoms with Crippen LogP contribution >= 0.6 is 22.9 Å². The summed E-state index contributed by atoms with van der Waals surface area (Å²) < 4.78 is 22.0. The van der Waals surface area contributed by atoms with Crippen molar-refractivity contribution >= 4 is 38.7 Å². The largest absolute Gasteiger partial charge is 0.356 e. The van der Waals surface area contributed by atoms with Crippen molar-refractivity contribution in [3.63, 3.8) is 0 Å². The molecule has 0 bridgehead atoms. The number of benzene rings is 1. The maximum atomic E-state index is 11.5. The lowest BCUT2D eigenvalue weighted by Gasteiger charge is -2.03. The number of carbonyl (C=O) groups excluding carboxylic acids is 1. The molecule has 0 spiro atoms. The fourth-order valence-corrected chi connectivity index (χ4v) is 3.61. The summed E-state index contributed by atoms with van der Waals surface area (Å²) in [5.74, 6) is -0.399. The topological polar surface area (TPSA) is 76.1 Å². The first-order valence-corrected chi connectivity index (χ1v) is 10.3. The highest BCUT2D eigenvalue weighted by atomic mass is 35.5. The summed E-state index contributed by atoms with van der Waals surface area (Å²) in [5, 5.41) is 6.13. The summed E-state index contributed by atoms with van der Waals surface area (Å²) >= 11 is 7.65. The number of aromatic nitrogens is 1. The van der Waals surface area contributed by atoms with Crippen LogP contribution in [0.15, 0.2) is 29.6 Å². The van der Waals surface area contributed by atoms with E-state index in [2.05, 4.69) is 10.3 Å². The number of halogens is 1. The fraction of sp³-hybridized carbons (Fsp3) is 0.333. The number of thiazole rings is 1. The number of amides is 1. The van der Waals surface area contributed by atoms with Gasteiger partial charge in [0, 0.05) is 36.6 Å². The van der Waals surface area contributed by atoms with Crippen LogP contribution in [0, 0.1) is 0 Å². The second-order valence-electron chi connectivity index (χ2n) is 5.10. The van der Waals surface area contributed by atoms with Gasteiger partial charge in [-0.25, -0.2) is 13.4 Å². The molecule has 0 fully saturated rings. The maximum Gasteiger partial charge on any atom is 0.221 e. The molecular formula is C15H17ClN2O3S2. The lowest BCUT2D eigenvalue weighted by Crippen LogP contribution is -2.27. The van der Waals surface area contributed by atoms with Crippen molar-refractivity contribution in [2.45, 2.75) is 12.8 Å². The average Bonchev–Trinajstić information content (AvgIpc) is 2.93. The van der Waals surface area contributed by atoms with E-state index in [1.165, 1.54) is 11.3 Å². The van der Waals surface area contributed by atoms with Gasteiger partial charge in [0.15, 0.2) is 0 Å². The highest BCUT2D eigenvalue weighted by Gasteiger charge is 2.10. The predicted octanol–water partition coefficient (Wildman–Crippen LogP) is 2.56. The van der Waals surface area contributed by atoms with Crippen LogP contribution in [-0.4, -0.2) is 37.9 Å². The van der Waals surface area contributed by atoms with Crippen LogP contribution in [-0.2, 0) is 21.1 Å². The zero-order valence-electron chi connectivity index (χ0n) is 12.6. The van der Waals surface area contributed by atoms with Gasteiger partial charge >= 0.3 is 0 Å². The molecule has 0 atom stereocenters. The Morgan fingerprint density at radius 1 is 1.35 bits per heavy atom. The number of rotatable bonds is 7. The van der Waals surface area contributed by atoms with Gasteiger partial charge in [-0.1, -0.05) is 29.8 Å². The standard InChI is InChI=1S/C15H17ClN2O3S2/c1-23(20,21)9-7-14(19)17-8-6-11-10-22-15(18-11)12-4-2-3-5-13(12)16/h2-5,10H,6-9H2,1H3,(H,17,19). The Morgan fingerprint density at radius 2 is 2.09 bits per heavy atom. The van der Waals surface area contributed by atoms with Crippen LogP contribution in [0.4, 0.5) is 0 Å². The lowest BCUT2D eigenvalue weighted by atomic mass is 10.2. The molecule has 1 aromatic carbocycles. The van der Waals surface area contributed by atoms with Crippen molar-refractivity contribution in [1.82, 2.24) is 10.3 Å². The zero-order valence-corrected chi connectivity index (χ0v) is 15.0. The van der Waals surface area contributed by atoms with Gasteiger partial charge in [0.25, 0.3) is 0 Å². The molecule has 124 valence electrons. The van der Waals surface area contributed by atoms with Gasteiger partial charge in [-0.05, 0) is 6.07 Å². The number of sulfone groups is 1. The maximum absolute atomic E-state index is 11.5. The molecule has 0 saturated carbocycles. The third-order valence-electron chi connectivity index (χ3n) is 3.06. The average molecular weight is 373 g/mol. The molecule has 1 aromatic heterocycles. The Labute approximate surface area is 144 Å². The minimum absolute atomic E-state index is 0.0131. The van der Waals surface area contributed by atoms with E-state index < -0.39 is 9.84 Å². The Hall–Kier alpha value is -1.44. The summed E-state index contributed by atoms with van der Waals surface area (Å²) in [5.41, 5.74) is 1.76. The van der Waals surface area contributed by atoms with E-state index in [-0.39, 0.29) is 18.1 Å². The molecule has 1 N–H and O–H groups in total. The molecule has 0 unspecified atom stereocenters. The number of carbonyl (C=O) groups is 1. The molecule has 2 rings (SSSR count). The zero-order chi connectivity index (χ0) is 16.9. The Balaban J connectivity index is 1.84. The Bertz CT molecular complexity index is 788. The molecule has 0 aliphatic carbocycles. The molecule has 0 aliphatic heterocycles. The highest BCUT2D eigenvalue weighted by molar-refractivity contribution is 7.90. The van der Waals surface area contributed by atoms with Gasteiger partial charge in [0.05, 0.1) is 16.5 Å². The predicted molar refractivity (Wildman–Crippen MR) is 93.6 cm³/mol. The first-order valence-electron chi connectivity index (χ1n) is 6.99. The van der Waals surface area contributed by atoms with E-state index in [4.69, 9.17) is 11.6 Å². The summed E-state index contributed by atoms with van der Waals surface area (Å²) in [6.07, 6.45) is 1.69. The first kappa shape index (κ1) is 17.9. The molecule has 1 heterocycles. The molecule has 1 amide bonds. The third kappa shape index (κ3) is 5.93. The van der Waals surface area contributed by atoms with Crippen molar-refractivity contribution in [2.24, 2.45) is 0 Å². The Morgan fingerprint density at radius 3 is 2.78 bits per heavy atom. The van der Waals surface area contributed by atoms with Crippen LogP contribution in [0.25, 0.3) is 10.6 Å². The second-order valence-corrected chi connectivity index (χ2v) is 8.63. The number of hydrogen-bond acceptors (Lipinski definition) is 5. The Kier molecular flexibility index (Phi) is 6.15. The van der Waals surface area contributed by atoms with Crippen molar-refractivity contribution < 1.29 is 13.2 Å². The summed E-state index contributed by atoms with van der Waals surface area (Å²) in [7, 11) is -3.11. The first-order chi connectivity index (χ1) is 10.8. The van der Waals surface area contributed by atoms with Crippen LogP contribution in [0.5, 0.6) is 0 Å². The molecule has 23 heavy (non-hydrogen) atoms. The fourth-order valence-electron chi connectivity index (χ4n) is 1.88. The van der Waals surface area contributed by atoms with Crippen LogP contribution in [0.1, 0.15) is 12.1 Å². The number of hydrogen-bond donors (Lipinski definition) is 1. The van der Waals surface area contributed by atoms with E-state index in [0.29, 0.717) is 18.0 Å². The number of nitrogens with one attached hydrogen (secondary N) is 1. The van der Waals surface area contributed by atoms with Crippen molar-refractivity contribution in [1.29, 1.82) is 0 Å². The minimum Gasteiger partial charge on any atom is -0.356 e. The normalized spacial score (nSPS) is 11.4. The molecular weight excluding hydrogens is 356 g/mol. The van der Waals surface area contributed by atoms with E-state index in [1.807, 2.05) is 29.6 Å². The number of nitrogens with zero attached hydrogens (tertiary/aromatic N) is 1. The van der Waals surface area contributed by atoms with Gasteiger partial charge in [-0.2, -0.15) is 0 Å². The molecule has 2 aromatic rings. The highest BCUT2D eigenvalue weighted by Crippen LogP contribution is 2.30.